The van der Waals surface area contributed by atoms with E-state index in [0.717, 1.165) is 42.3 Å². The van der Waals surface area contributed by atoms with E-state index in [2.05, 4.69) is 34.0 Å². The van der Waals surface area contributed by atoms with Crippen LogP contribution in [-0.4, -0.2) is 47.0 Å². The molecule has 0 spiro atoms. The van der Waals surface area contributed by atoms with Gasteiger partial charge < -0.3 is 10.2 Å². The van der Waals surface area contributed by atoms with Crippen LogP contribution < -0.4 is 5.32 Å². The van der Waals surface area contributed by atoms with Crippen LogP contribution >= 0.6 is 11.3 Å². The summed E-state index contributed by atoms with van der Waals surface area (Å²) in [6.45, 7) is 9.98. The standard InChI is InChI=1S/C17H24N4OS/c1-4-21(5-2)11-7-10-19-16(22)15-13(3)20-17(23-15)14-8-6-9-18-12-14/h6,8-9,12H,4-5,7,10-11H2,1-3H3,(H,19,22). The van der Waals surface area contributed by atoms with Crippen molar-refractivity contribution in [1.82, 2.24) is 20.2 Å². The van der Waals surface area contributed by atoms with Crippen LogP contribution in [0.2, 0.25) is 0 Å². The van der Waals surface area contributed by atoms with Crippen LogP contribution in [0.3, 0.4) is 0 Å². The lowest BCUT2D eigenvalue weighted by Crippen LogP contribution is -2.29. The molecule has 0 aliphatic rings. The zero-order valence-electron chi connectivity index (χ0n) is 14.0. The molecule has 0 unspecified atom stereocenters. The first-order chi connectivity index (χ1) is 11.2. The fourth-order valence-corrected chi connectivity index (χ4v) is 3.32. The summed E-state index contributed by atoms with van der Waals surface area (Å²) >= 11 is 1.42. The highest BCUT2D eigenvalue weighted by Gasteiger charge is 2.15. The quantitative estimate of drug-likeness (QED) is 0.755. The van der Waals surface area contributed by atoms with Crippen molar-refractivity contribution in [3.8, 4) is 10.6 Å². The molecule has 0 fully saturated rings. The Kier molecular flexibility index (Phi) is 6.67. The van der Waals surface area contributed by atoms with Gasteiger partial charge in [0.15, 0.2) is 0 Å². The maximum atomic E-state index is 12.3. The lowest BCUT2D eigenvalue weighted by Gasteiger charge is -2.17. The van der Waals surface area contributed by atoms with Crippen molar-refractivity contribution in [3.05, 3.63) is 35.1 Å². The number of aromatic nitrogens is 2. The summed E-state index contributed by atoms with van der Waals surface area (Å²) in [5, 5.41) is 3.83. The molecular weight excluding hydrogens is 308 g/mol. The van der Waals surface area contributed by atoms with Gasteiger partial charge in [-0.25, -0.2) is 4.98 Å². The Labute approximate surface area is 141 Å². The molecule has 2 aromatic rings. The van der Waals surface area contributed by atoms with Gasteiger partial charge in [-0.15, -0.1) is 11.3 Å². The Balaban J connectivity index is 1.91. The van der Waals surface area contributed by atoms with Gasteiger partial charge in [0.05, 0.1) is 5.69 Å². The summed E-state index contributed by atoms with van der Waals surface area (Å²) in [5.74, 6) is -0.0327. The Hall–Kier alpha value is -1.79. The summed E-state index contributed by atoms with van der Waals surface area (Å²) in [6, 6.07) is 3.83. The number of nitrogens with zero attached hydrogens (tertiary/aromatic N) is 3. The topological polar surface area (TPSA) is 58.1 Å². The van der Waals surface area contributed by atoms with E-state index in [0.29, 0.717) is 11.4 Å². The third-order valence-electron chi connectivity index (χ3n) is 3.74. The van der Waals surface area contributed by atoms with Crippen molar-refractivity contribution < 1.29 is 4.79 Å². The highest BCUT2D eigenvalue weighted by molar-refractivity contribution is 7.17. The van der Waals surface area contributed by atoms with Crippen molar-refractivity contribution >= 4 is 17.2 Å². The second-order valence-electron chi connectivity index (χ2n) is 5.31. The lowest BCUT2D eigenvalue weighted by molar-refractivity contribution is 0.0955. The average Bonchev–Trinajstić information content (AvgIpc) is 2.97. The van der Waals surface area contributed by atoms with Crippen LogP contribution in [0.15, 0.2) is 24.5 Å². The molecule has 124 valence electrons. The molecule has 6 heteroatoms. The van der Waals surface area contributed by atoms with Gasteiger partial charge in [0.1, 0.15) is 9.88 Å². The van der Waals surface area contributed by atoms with Crippen molar-refractivity contribution in [2.75, 3.05) is 26.2 Å². The molecule has 0 aromatic carbocycles. The molecule has 0 saturated carbocycles. The smallest absolute Gasteiger partial charge is 0.263 e. The average molecular weight is 332 g/mol. The predicted octanol–water partition coefficient (Wildman–Crippen LogP) is 2.98. The van der Waals surface area contributed by atoms with Crippen LogP contribution in [0.4, 0.5) is 0 Å². The first-order valence-electron chi connectivity index (χ1n) is 8.04. The Morgan fingerprint density at radius 2 is 2.13 bits per heavy atom. The number of hydrogen-bond acceptors (Lipinski definition) is 5. The van der Waals surface area contributed by atoms with Gasteiger partial charge in [0, 0.05) is 24.5 Å². The molecule has 1 N–H and O–H groups in total. The second-order valence-corrected chi connectivity index (χ2v) is 6.31. The molecule has 0 saturated heterocycles. The zero-order valence-corrected chi connectivity index (χ0v) is 14.8. The molecule has 23 heavy (non-hydrogen) atoms. The zero-order chi connectivity index (χ0) is 16.7. The molecule has 1 amide bonds. The minimum Gasteiger partial charge on any atom is -0.351 e. The van der Waals surface area contributed by atoms with Crippen LogP contribution in [0, 0.1) is 6.92 Å². The summed E-state index contributed by atoms with van der Waals surface area (Å²) < 4.78 is 0. The minimum absolute atomic E-state index is 0.0327. The third kappa shape index (κ3) is 4.84. The van der Waals surface area contributed by atoms with Crippen LogP contribution in [0.5, 0.6) is 0 Å². The third-order valence-corrected chi connectivity index (χ3v) is 4.95. The van der Waals surface area contributed by atoms with Crippen molar-refractivity contribution in [2.45, 2.75) is 27.2 Å². The molecule has 5 nitrogen and oxygen atoms in total. The highest BCUT2D eigenvalue weighted by Crippen LogP contribution is 2.27. The molecule has 0 aliphatic heterocycles. The Morgan fingerprint density at radius 3 is 2.78 bits per heavy atom. The van der Waals surface area contributed by atoms with Crippen molar-refractivity contribution in [1.29, 1.82) is 0 Å². The molecule has 2 aromatic heterocycles. The molecular formula is C17H24N4OS. The van der Waals surface area contributed by atoms with E-state index >= 15 is 0 Å². The van der Waals surface area contributed by atoms with Crippen molar-refractivity contribution in [3.63, 3.8) is 0 Å². The molecule has 0 atom stereocenters. The monoisotopic (exact) mass is 332 g/mol. The first kappa shape index (κ1) is 17.6. The fourth-order valence-electron chi connectivity index (χ4n) is 2.34. The van der Waals surface area contributed by atoms with Crippen LogP contribution in [0.1, 0.15) is 35.6 Å². The SMILES string of the molecule is CCN(CC)CCCNC(=O)c1sc(-c2cccnc2)nc1C. The minimum atomic E-state index is -0.0327. The number of carbonyl (C=O) groups excluding carboxylic acids is 1. The summed E-state index contributed by atoms with van der Waals surface area (Å²) in [4.78, 5) is 24.0. The van der Waals surface area contributed by atoms with E-state index in [1.807, 2.05) is 19.1 Å². The summed E-state index contributed by atoms with van der Waals surface area (Å²) in [7, 11) is 0. The van der Waals surface area contributed by atoms with Gasteiger partial charge in [0.25, 0.3) is 5.91 Å². The molecule has 0 bridgehead atoms. The summed E-state index contributed by atoms with van der Waals surface area (Å²) in [5.41, 5.74) is 1.72. The number of rotatable bonds is 8. The lowest BCUT2D eigenvalue weighted by atomic mass is 10.3. The fraction of sp³-hybridized carbons (Fsp3) is 0.471. The normalized spacial score (nSPS) is 11.0. The molecule has 0 radical (unpaired) electrons. The van der Waals surface area contributed by atoms with E-state index < -0.39 is 0 Å². The van der Waals surface area contributed by atoms with E-state index in [-0.39, 0.29) is 5.91 Å². The number of nitrogens with one attached hydrogen (secondary N) is 1. The van der Waals surface area contributed by atoms with Gasteiger partial charge in [-0.1, -0.05) is 13.8 Å². The maximum absolute atomic E-state index is 12.3. The summed E-state index contributed by atoms with van der Waals surface area (Å²) in [6.07, 6.45) is 4.46. The number of thiazole rings is 1. The van der Waals surface area contributed by atoms with Gasteiger partial charge >= 0.3 is 0 Å². The maximum Gasteiger partial charge on any atom is 0.263 e. The van der Waals surface area contributed by atoms with Gasteiger partial charge in [-0.2, -0.15) is 0 Å². The Bertz CT molecular complexity index is 623. The molecule has 2 heterocycles. The molecule has 0 aliphatic carbocycles. The van der Waals surface area contributed by atoms with Crippen LogP contribution in [0.25, 0.3) is 10.6 Å². The highest BCUT2D eigenvalue weighted by atomic mass is 32.1. The van der Waals surface area contributed by atoms with Crippen molar-refractivity contribution in [2.24, 2.45) is 0 Å². The number of pyridine rings is 1. The van der Waals surface area contributed by atoms with Gasteiger partial charge in [0.2, 0.25) is 0 Å². The first-order valence-corrected chi connectivity index (χ1v) is 8.85. The van der Waals surface area contributed by atoms with E-state index in [1.54, 1.807) is 12.4 Å². The number of amides is 1. The van der Waals surface area contributed by atoms with E-state index in [9.17, 15) is 4.79 Å². The van der Waals surface area contributed by atoms with Gasteiger partial charge in [-0.3, -0.25) is 9.78 Å². The Morgan fingerprint density at radius 1 is 1.35 bits per heavy atom. The predicted molar refractivity (Wildman–Crippen MR) is 94.8 cm³/mol. The second kappa shape index (κ2) is 8.74. The number of aryl methyl sites for hydroxylation is 1. The number of carbonyl (C=O) groups is 1. The van der Waals surface area contributed by atoms with E-state index in [4.69, 9.17) is 0 Å². The van der Waals surface area contributed by atoms with Gasteiger partial charge in [-0.05, 0) is 45.1 Å². The van der Waals surface area contributed by atoms with E-state index in [1.165, 1.54) is 11.3 Å². The largest absolute Gasteiger partial charge is 0.351 e. The number of hydrogen-bond donors (Lipinski definition) is 1. The van der Waals surface area contributed by atoms with Crippen LogP contribution in [-0.2, 0) is 0 Å². The molecule has 2 rings (SSSR count).